The summed E-state index contributed by atoms with van der Waals surface area (Å²) in [5.74, 6) is -6.07. The Bertz CT molecular complexity index is 2820. The molecule has 0 saturated carbocycles. The summed E-state index contributed by atoms with van der Waals surface area (Å²) in [6.07, 6.45) is 6.14. The number of nitrogens with two attached hydrogens (primary N) is 1. The van der Waals surface area contributed by atoms with Gasteiger partial charge in [0.05, 0.1) is 11.7 Å². The van der Waals surface area contributed by atoms with Crippen molar-refractivity contribution in [3.63, 3.8) is 0 Å². The highest BCUT2D eigenvalue weighted by Gasteiger charge is 2.39. The number of hydrogen-bond acceptors (Lipinski definition) is 10. The Labute approximate surface area is 465 Å². The Morgan fingerprint density at radius 1 is 0.812 bits per heavy atom. The summed E-state index contributed by atoms with van der Waals surface area (Å²) < 4.78 is 51.7. The maximum absolute atomic E-state index is 15.3. The second-order valence-electron chi connectivity index (χ2n) is 21.1. The first kappa shape index (κ1) is 62.8. The summed E-state index contributed by atoms with van der Waals surface area (Å²) in [6.45, 7) is 13.6. The molecule has 0 spiro atoms. The number of imide groups is 1. The van der Waals surface area contributed by atoms with Crippen LogP contribution in [0.15, 0.2) is 85.1 Å². The molecule has 4 atom stereocenters. The van der Waals surface area contributed by atoms with Gasteiger partial charge in [-0.25, -0.2) is 27.7 Å². The summed E-state index contributed by atoms with van der Waals surface area (Å²) >= 11 is 0. The third-order valence-electron chi connectivity index (χ3n) is 13.4. The lowest BCUT2D eigenvalue weighted by Gasteiger charge is -2.40. The minimum absolute atomic E-state index is 0.00662. The molecule has 4 aromatic rings. The number of primary amides is 1. The van der Waals surface area contributed by atoms with Crippen LogP contribution in [0.4, 0.5) is 28.4 Å². The average Bonchev–Trinajstić information content (AvgIpc) is 3.98. The summed E-state index contributed by atoms with van der Waals surface area (Å²) in [7, 11) is 0. The highest BCUT2D eigenvalue weighted by atomic mass is 19.2. The minimum Gasteiger partial charge on any atom is -0.445 e. The van der Waals surface area contributed by atoms with E-state index in [1.54, 1.807) is 54.5 Å². The van der Waals surface area contributed by atoms with E-state index in [2.05, 4.69) is 26.6 Å². The Morgan fingerprint density at radius 2 is 1.50 bits per heavy atom. The highest BCUT2D eigenvalue weighted by Crippen LogP contribution is 2.40. The number of ether oxygens (including phenoxy) is 1. The van der Waals surface area contributed by atoms with Gasteiger partial charge in [0.1, 0.15) is 30.3 Å². The number of carbonyl (C=O) groups is 8. The van der Waals surface area contributed by atoms with Crippen LogP contribution in [0, 0.1) is 28.8 Å². The summed E-state index contributed by atoms with van der Waals surface area (Å²) in [5.41, 5.74) is 5.99. The fourth-order valence-electron chi connectivity index (χ4n) is 9.18. The molecule has 5 rings (SSSR count). The first-order chi connectivity index (χ1) is 38.0. The predicted octanol–water partition coefficient (Wildman–Crippen LogP) is 7.93. The molecular formula is C58H75F3N10O9. The fraction of sp³-hybridized carbons (Fsp3) is 0.466. The minimum atomic E-state index is -1.36. The quantitative estimate of drug-likeness (QED) is 0.0174. The van der Waals surface area contributed by atoms with Crippen molar-refractivity contribution >= 4 is 53.3 Å². The number of rotatable bonds is 29. The molecule has 0 radical (unpaired) electrons. The van der Waals surface area contributed by atoms with Gasteiger partial charge >= 0.3 is 12.1 Å². The lowest BCUT2D eigenvalue weighted by molar-refractivity contribution is -0.137. The second kappa shape index (κ2) is 29.8. The van der Waals surface area contributed by atoms with E-state index in [0.717, 1.165) is 16.5 Å². The standard InChI is InChI=1S/C58H75F3N10O9/c1-8-40(27-30-71(47(73)9-2)52(58(5,6)7)53-66-45(42-31-39(59)32-43(60)50(42)61)34-69(53)33-37-17-12-10-13-18-37)65-57(79)80-35-38-21-23-41(24-22-38)64-54(76)44(19-16-28-63-56(62)78)67-55(77)51(36(3)4)68-46(72)20-14-11-15-29-70-48(74)25-26-49(70)75/h10,12-13,17-18,21-26,31-32,34,36,40,44,51-52H,8-9,11,14-16,19-20,27-30,33,35H2,1-7H3,(H,64,76)(H,65,79)(H,67,77)(H,68,72)(H3,62,63,78). The van der Waals surface area contributed by atoms with Crippen molar-refractivity contribution in [2.45, 2.75) is 144 Å². The molecule has 2 heterocycles. The van der Waals surface area contributed by atoms with E-state index in [0.29, 0.717) is 55.2 Å². The number of alkyl carbamates (subject to hydrolysis) is 1. The zero-order valence-corrected chi connectivity index (χ0v) is 46.5. The number of unbranched alkanes of at least 4 members (excludes halogenated alkanes) is 2. The molecule has 0 fully saturated rings. The zero-order chi connectivity index (χ0) is 58.7. The van der Waals surface area contributed by atoms with Crippen LogP contribution in [0.1, 0.15) is 129 Å². The van der Waals surface area contributed by atoms with Crippen molar-refractivity contribution in [1.82, 2.24) is 40.6 Å². The van der Waals surface area contributed by atoms with Gasteiger partial charge < -0.3 is 46.5 Å². The molecule has 432 valence electrons. The fourth-order valence-corrected chi connectivity index (χ4v) is 9.18. The topological polar surface area (TPSA) is 256 Å². The molecule has 1 aromatic heterocycles. The van der Waals surface area contributed by atoms with Crippen LogP contribution < -0.4 is 32.3 Å². The molecule has 22 heteroatoms. The Morgan fingerprint density at radius 3 is 2.12 bits per heavy atom. The Balaban J connectivity index is 1.19. The van der Waals surface area contributed by atoms with E-state index < -0.39 is 71.0 Å². The van der Waals surface area contributed by atoms with Crippen molar-refractivity contribution < 1.29 is 56.3 Å². The normalized spacial score (nSPS) is 13.8. The predicted molar refractivity (Wildman–Crippen MR) is 294 cm³/mol. The van der Waals surface area contributed by atoms with E-state index in [1.807, 2.05) is 58.0 Å². The number of nitrogens with one attached hydrogen (secondary N) is 5. The third kappa shape index (κ3) is 18.5. The molecule has 0 aliphatic carbocycles. The van der Waals surface area contributed by atoms with Gasteiger partial charge in [0, 0.05) is 80.7 Å². The molecule has 3 aromatic carbocycles. The average molecular weight is 1110 g/mol. The SMILES string of the molecule is CCC(=O)N(CCC(CC)NC(=O)OCc1ccc(NC(=O)C(CCCNC(N)=O)NC(=O)C(NC(=O)CCCCCN2C(=O)C=CC2=O)C(C)C)cc1)C(c1nc(-c2cc(F)cc(F)c2F)cn1Cc1ccccc1)C(C)(C)C. The van der Waals surface area contributed by atoms with Gasteiger partial charge in [0.25, 0.3) is 11.8 Å². The lowest BCUT2D eigenvalue weighted by atomic mass is 9.84. The van der Waals surface area contributed by atoms with Crippen LogP contribution in [0.5, 0.6) is 0 Å². The number of imidazole rings is 1. The number of benzene rings is 3. The molecule has 7 N–H and O–H groups in total. The molecule has 9 amide bonds. The smallest absolute Gasteiger partial charge is 0.407 e. The van der Waals surface area contributed by atoms with E-state index in [1.165, 1.54) is 18.3 Å². The van der Waals surface area contributed by atoms with Gasteiger partial charge in [-0.2, -0.15) is 0 Å². The van der Waals surface area contributed by atoms with E-state index in [4.69, 9.17) is 15.5 Å². The highest BCUT2D eigenvalue weighted by molar-refractivity contribution is 6.12. The first-order valence-electron chi connectivity index (χ1n) is 27.0. The molecule has 1 aliphatic heterocycles. The van der Waals surface area contributed by atoms with E-state index in [9.17, 15) is 47.1 Å². The van der Waals surface area contributed by atoms with Crippen molar-refractivity contribution in [2.75, 3.05) is 25.0 Å². The van der Waals surface area contributed by atoms with Crippen LogP contribution in [-0.2, 0) is 46.7 Å². The van der Waals surface area contributed by atoms with Gasteiger partial charge in [-0.15, -0.1) is 0 Å². The van der Waals surface area contributed by atoms with E-state index >= 15 is 4.39 Å². The Kier molecular flexibility index (Phi) is 23.4. The Hall–Kier alpha value is -8.04. The summed E-state index contributed by atoms with van der Waals surface area (Å²) in [6, 6.07) is 13.2. The van der Waals surface area contributed by atoms with E-state index in [-0.39, 0.29) is 99.3 Å². The number of hydrogen-bond donors (Lipinski definition) is 6. The van der Waals surface area contributed by atoms with Crippen LogP contribution in [0.25, 0.3) is 11.3 Å². The number of halogens is 3. The molecule has 0 saturated heterocycles. The number of carbonyl (C=O) groups excluding carboxylic acids is 8. The molecular weight excluding hydrogens is 1040 g/mol. The summed E-state index contributed by atoms with van der Waals surface area (Å²) in [5, 5.41) is 13.7. The molecule has 19 nitrogen and oxygen atoms in total. The van der Waals surface area contributed by atoms with Crippen molar-refractivity contribution in [3.8, 4) is 11.3 Å². The molecule has 0 bridgehead atoms. The van der Waals surface area contributed by atoms with Crippen molar-refractivity contribution in [1.29, 1.82) is 0 Å². The number of amides is 9. The van der Waals surface area contributed by atoms with Crippen molar-refractivity contribution in [2.24, 2.45) is 17.1 Å². The lowest BCUT2D eigenvalue weighted by Crippen LogP contribution is -2.54. The molecule has 80 heavy (non-hydrogen) atoms. The van der Waals surface area contributed by atoms with Crippen LogP contribution in [0.3, 0.4) is 0 Å². The number of nitrogens with zero attached hydrogens (tertiary/aromatic N) is 4. The summed E-state index contributed by atoms with van der Waals surface area (Å²) in [4.78, 5) is 110. The maximum Gasteiger partial charge on any atom is 0.407 e. The van der Waals surface area contributed by atoms with Crippen LogP contribution in [0.2, 0.25) is 0 Å². The largest absolute Gasteiger partial charge is 0.445 e. The second-order valence-corrected chi connectivity index (χ2v) is 21.1. The first-order valence-corrected chi connectivity index (χ1v) is 27.0. The maximum atomic E-state index is 15.3. The van der Waals surface area contributed by atoms with Gasteiger partial charge in [-0.05, 0) is 79.2 Å². The molecule has 4 unspecified atom stereocenters. The monoisotopic (exact) mass is 1110 g/mol. The number of anilines is 1. The molecule has 1 aliphatic rings. The van der Waals surface area contributed by atoms with Gasteiger partial charge in [0.15, 0.2) is 11.6 Å². The number of urea groups is 1. The third-order valence-corrected chi connectivity index (χ3v) is 13.4. The van der Waals surface area contributed by atoms with Gasteiger partial charge in [-0.1, -0.05) is 97.4 Å². The zero-order valence-electron chi connectivity index (χ0n) is 46.5. The number of aromatic nitrogens is 2. The van der Waals surface area contributed by atoms with Crippen LogP contribution in [-0.4, -0.2) is 105 Å². The van der Waals surface area contributed by atoms with Gasteiger partial charge in [-0.3, -0.25) is 33.7 Å². The van der Waals surface area contributed by atoms with Crippen LogP contribution >= 0.6 is 0 Å². The van der Waals surface area contributed by atoms with Crippen molar-refractivity contribution in [3.05, 3.63) is 119 Å². The van der Waals surface area contributed by atoms with Gasteiger partial charge in [0.2, 0.25) is 23.6 Å².